The van der Waals surface area contributed by atoms with Crippen molar-refractivity contribution in [3.05, 3.63) is 54.1 Å². The molecule has 1 N–H and O–H groups in total. The van der Waals surface area contributed by atoms with E-state index in [1.807, 2.05) is 31.2 Å². The number of benzene rings is 2. The van der Waals surface area contributed by atoms with E-state index in [1.54, 1.807) is 29.2 Å². The molecule has 7 nitrogen and oxygen atoms in total. The number of fused-ring (bicyclic) bond motifs is 1. The van der Waals surface area contributed by atoms with E-state index in [0.717, 1.165) is 0 Å². The van der Waals surface area contributed by atoms with Crippen LogP contribution in [-0.2, 0) is 14.3 Å². The van der Waals surface area contributed by atoms with Gasteiger partial charge in [0, 0.05) is 18.7 Å². The zero-order valence-electron chi connectivity index (χ0n) is 15.8. The second-order valence-electron chi connectivity index (χ2n) is 6.34. The molecule has 0 spiro atoms. The molecule has 0 aliphatic carbocycles. The summed E-state index contributed by atoms with van der Waals surface area (Å²) in [5, 5.41) is 2.77. The Kier molecular flexibility index (Phi) is 5.93. The predicted molar refractivity (Wildman–Crippen MR) is 105 cm³/mol. The third-order valence-corrected chi connectivity index (χ3v) is 4.49. The molecule has 1 aliphatic rings. The standard InChI is InChI=1S/C21H22N2O5/c1-3-17-20(25)23(16-6-4-5-7-18(16)28-17)13-12-19(24)22-15-10-8-14(9-11-15)21(26)27-2/h4-11,17H,3,12-13H2,1-2H3,(H,22,24). The fourth-order valence-corrected chi connectivity index (χ4v) is 3.01. The van der Waals surface area contributed by atoms with Crippen LogP contribution in [0.25, 0.3) is 0 Å². The molecule has 3 rings (SSSR count). The number of esters is 1. The van der Waals surface area contributed by atoms with Crippen LogP contribution >= 0.6 is 0 Å². The molecule has 1 unspecified atom stereocenters. The Morgan fingerprint density at radius 3 is 2.54 bits per heavy atom. The number of hydrogen-bond acceptors (Lipinski definition) is 5. The van der Waals surface area contributed by atoms with Crippen molar-refractivity contribution in [2.24, 2.45) is 0 Å². The summed E-state index contributed by atoms with van der Waals surface area (Å²) in [6, 6.07) is 13.7. The van der Waals surface area contributed by atoms with E-state index < -0.39 is 12.1 Å². The summed E-state index contributed by atoms with van der Waals surface area (Å²) in [6.07, 6.45) is 0.154. The third-order valence-electron chi connectivity index (χ3n) is 4.49. The van der Waals surface area contributed by atoms with E-state index in [9.17, 15) is 14.4 Å². The maximum atomic E-state index is 12.6. The van der Waals surface area contributed by atoms with Gasteiger partial charge in [0.25, 0.3) is 5.91 Å². The van der Waals surface area contributed by atoms with Gasteiger partial charge in [-0.15, -0.1) is 0 Å². The van der Waals surface area contributed by atoms with Gasteiger partial charge in [-0.1, -0.05) is 19.1 Å². The van der Waals surface area contributed by atoms with Gasteiger partial charge in [-0.3, -0.25) is 9.59 Å². The van der Waals surface area contributed by atoms with E-state index >= 15 is 0 Å². The Morgan fingerprint density at radius 1 is 1.14 bits per heavy atom. The zero-order chi connectivity index (χ0) is 20.1. The Hall–Kier alpha value is -3.35. The molecule has 146 valence electrons. The number of ether oxygens (including phenoxy) is 2. The van der Waals surface area contributed by atoms with Crippen LogP contribution in [0.5, 0.6) is 5.75 Å². The number of rotatable bonds is 6. The lowest BCUT2D eigenvalue weighted by Gasteiger charge is -2.33. The molecule has 0 bridgehead atoms. The monoisotopic (exact) mass is 382 g/mol. The largest absolute Gasteiger partial charge is 0.478 e. The summed E-state index contributed by atoms with van der Waals surface area (Å²) in [6.45, 7) is 2.14. The van der Waals surface area contributed by atoms with Gasteiger partial charge < -0.3 is 19.7 Å². The molecule has 28 heavy (non-hydrogen) atoms. The van der Waals surface area contributed by atoms with E-state index in [0.29, 0.717) is 29.1 Å². The van der Waals surface area contributed by atoms with Gasteiger partial charge >= 0.3 is 5.97 Å². The van der Waals surface area contributed by atoms with Crippen LogP contribution in [0.2, 0.25) is 0 Å². The van der Waals surface area contributed by atoms with Gasteiger partial charge in [0.1, 0.15) is 5.75 Å². The molecular formula is C21H22N2O5. The van der Waals surface area contributed by atoms with Crippen LogP contribution in [0.15, 0.2) is 48.5 Å². The van der Waals surface area contributed by atoms with E-state index in [1.165, 1.54) is 7.11 Å². The minimum absolute atomic E-state index is 0.134. The molecule has 0 aromatic heterocycles. The Bertz CT molecular complexity index is 879. The highest BCUT2D eigenvalue weighted by molar-refractivity contribution is 6.01. The summed E-state index contributed by atoms with van der Waals surface area (Å²) in [5.74, 6) is -0.160. The molecular weight excluding hydrogens is 360 g/mol. The fourth-order valence-electron chi connectivity index (χ4n) is 3.01. The highest BCUT2D eigenvalue weighted by atomic mass is 16.5. The maximum Gasteiger partial charge on any atom is 0.337 e. The first-order valence-corrected chi connectivity index (χ1v) is 9.08. The molecule has 7 heteroatoms. The molecule has 1 atom stereocenters. The summed E-state index contributed by atoms with van der Waals surface area (Å²) in [5.41, 5.74) is 1.65. The highest BCUT2D eigenvalue weighted by Crippen LogP contribution is 2.34. The quantitative estimate of drug-likeness (QED) is 0.777. The van der Waals surface area contributed by atoms with Crippen molar-refractivity contribution < 1.29 is 23.9 Å². The van der Waals surface area contributed by atoms with Crippen LogP contribution in [0.1, 0.15) is 30.1 Å². The summed E-state index contributed by atoms with van der Waals surface area (Å²) < 4.78 is 10.4. The molecule has 2 amide bonds. The number of carbonyl (C=O) groups is 3. The van der Waals surface area contributed by atoms with Crippen molar-refractivity contribution in [3.8, 4) is 5.75 Å². The summed E-state index contributed by atoms with van der Waals surface area (Å²) in [4.78, 5) is 38.0. The van der Waals surface area contributed by atoms with Gasteiger partial charge in [0.05, 0.1) is 18.4 Å². The number of hydrogen-bond donors (Lipinski definition) is 1. The maximum absolute atomic E-state index is 12.6. The van der Waals surface area contributed by atoms with Gasteiger partial charge in [0.15, 0.2) is 6.10 Å². The minimum atomic E-state index is -0.538. The van der Waals surface area contributed by atoms with Crippen molar-refractivity contribution in [3.63, 3.8) is 0 Å². The average molecular weight is 382 g/mol. The molecule has 1 heterocycles. The van der Waals surface area contributed by atoms with Crippen molar-refractivity contribution in [1.82, 2.24) is 0 Å². The second-order valence-corrected chi connectivity index (χ2v) is 6.34. The van der Waals surface area contributed by atoms with Crippen LogP contribution in [0, 0.1) is 0 Å². The normalized spacial score (nSPS) is 15.4. The molecule has 0 saturated carbocycles. The smallest absolute Gasteiger partial charge is 0.337 e. The molecule has 2 aromatic carbocycles. The van der Waals surface area contributed by atoms with Gasteiger partial charge in [-0.25, -0.2) is 4.79 Å². The SMILES string of the molecule is CCC1Oc2ccccc2N(CCC(=O)Nc2ccc(C(=O)OC)cc2)C1=O. The van der Waals surface area contributed by atoms with E-state index in [2.05, 4.69) is 10.1 Å². The first kappa shape index (κ1) is 19.4. The Morgan fingerprint density at radius 2 is 1.86 bits per heavy atom. The van der Waals surface area contributed by atoms with Crippen LogP contribution in [-0.4, -0.2) is 37.5 Å². The van der Waals surface area contributed by atoms with Crippen LogP contribution in [0.4, 0.5) is 11.4 Å². The van der Waals surface area contributed by atoms with Crippen molar-refractivity contribution in [2.45, 2.75) is 25.9 Å². The third kappa shape index (κ3) is 4.14. The topological polar surface area (TPSA) is 84.9 Å². The van der Waals surface area contributed by atoms with Gasteiger partial charge in [-0.05, 0) is 42.8 Å². The lowest BCUT2D eigenvalue weighted by Crippen LogP contribution is -2.46. The van der Waals surface area contributed by atoms with Crippen LogP contribution < -0.4 is 15.0 Å². The number of methoxy groups -OCH3 is 1. The molecule has 0 saturated heterocycles. The van der Waals surface area contributed by atoms with Crippen molar-refractivity contribution >= 4 is 29.2 Å². The predicted octanol–water partition coefficient (Wildman–Crippen LogP) is 3.01. The summed E-state index contributed by atoms with van der Waals surface area (Å²) >= 11 is 0. The summed E-state index contributed by atoms with van der Waals surface area (Å²) in [7, 11) is 1.31. The molecule has 0 radical (unpaired) electrons. The Balaban J connectivity index is 1.64. The van der Waals surface area contributed by atoms with Crippen molar-refractivity contribution in [1.29, 1.82) is 0 Å². The number of carbonyl (C=O) groups excluding carboxylic acids is 3. The molecule has 2 aromatic rings. The minimum Gasteiger partial charge on any atom is -0.478 e. The van der Waals surface area contributed by atoms with Crippen LogP contribution in [0.3, 0.4) is 0 Å². The van der Waals surface area contributed by atoms with Gasteiger partial charge in [0.2, 0.25) is 5.91 Å². The van der Waals surface area contributed by atoms with E-state index in [4.69, 9.17) is 4.74 Å². The van der Waals surface area contributed by atoms with Crippen molar-refractivity contribution in [2.75, 3.05) is 23.9 Å². The van der Waals surface area contributed by atoms with Gasteiger partial charge in [-0.2, -0.15) is 0 Å². The Labute approximate surface area is 163 Å². The first-order chi connectivity index (χ1) is 13.5. The number of anilines is 2. The lowest BCUT2D eigenvalue weighted by atomic mass is 10.1. The number of nitrogens with zero attached hydrogens (tertiary/aromatic N) is 1. The number of nitrogens with one attached hydrogen (secondary N) is 1. The lowest BCUT2D eigenvalue weighted by molar-refractivity contribution is -0.126. The fraction of sp³-hybridized carbons (Fsp3) is 0.286. The van der Waals surface area contributed by atoms with E-state index in [-0.39, 0.29) is 24.8 Å². The second kappa shape index (κ2) is 8.56. The number of para-hydroxylation sites is 2. The highest BCUT2D eigenvalue weighted by Gasteiger charge is 2.33. The zero-order valence-corrected chi connectivity index (χ0v) is 15.8. The first-order valence-electron chi connectivity index (χ1n) is 9.08. The molecule has 0 fully saturated rings. The average Bonchev–Trinajstić information content (AvgIpc) is 2.72. The molecule has 1 aliphatic heterocycles. The number of amides is 2.